The second-order valence-electron chi connectivity index (χ2n) is 6.51. The monoisotopic (exact) mass is 372 g/mol. The van der Waals surface area contributed by atoms with E-state index in [-0.39, 0.29) is 17.7 Å². The lowest BCUT2D eigenvalue weighted by molar-refractivity contribution is -0.126. The van der Waals surface area contributed by atoms with Crippen LogP contribution >= 0.6 is 11.3 Å². The SMILES string of the molecule is Cc1nc(-c2ccsc2)ccc1C(=O)N1CCCC(C(=O)NCCN)C1. The molecule has 1 saturated heterocycles. The summed E-state index contributed by atoms with van der Waals surface area (Å²) in [6.45, 7) is 3.86. The van der Waals surface area contributed by atoms with Crippen molar-refractivity contribution in [1.82, 2.24) is 15.2 Å². The molecular formula is C19H24N4O2S. The number of thiophene rings is 1. The molecule has 0 saturated carbocycles. The maximum Gasteiger partial charge on any atom is 0.255 e. The van der Waals surface area contributed by atoms with Gasteiger partial charge in [-0.05, 0) is 43.3 Å². The number of aryl methyl sites for hydroxylation is 1. The molecule has 0 spiro atoms. The summed E-state index contributed by atoms with van der Waals surface area (Å²) in [5.74, 6) is -0.239. The van der Waals surface area contributed by atoms with Crippen LogP contribution in [0.4, 0.5) is 0 Å². The average Bonchev–Trinajstić information content (AvgIpc) is 3.20. The van der Waals surface area contributed by atoms with E-state index in [1.54, 1.807) is 16.2 Å². The summed E-state index contributed by atoms with van der Waals surface area (Å²) in [6, 6.07) is 5.75. The lowest BCUT2D eigenvalue weighted by atomic mass is 9.96. The van der Waals surface area contributed by atoms with Gasteiger partial charge in [-0.25, -0.2) is 0 Å². The molecule has 3 heterocycles. The van der Waals surface area contributed by atoms with E-state index in [0.717, 1.165) is 24.1 Å². The highest BCUT2D eigenvalue weighted by atomic mass is 32.1. The summed E-state index contributed by atoms with van der Waals surface area (Å²) in [5.41, 5.74) is 8.69. The summed E-state index contributed by atoms with van der Waals surface area (Å²) in [4.78, 5) is 31.5. The normalized spacial score (nSPS) is 17.2. The van der Waals surface area contributed by atoms with Crippen LogP contribution in [-0.4, -0.2) is 47.9 Å². The minimum atomic E-state index is -0.169. The average molecular weight is 372 g/mol. The second kappa shape index (κ2) is 8.42. The van der Waals surface area contributed by atoms with Gasteiger partial charge >= 0.3 is 0 Å². The first-order chi connectivity index (χ1) is 12.6. The second-order valence-corrected chi connectivity index (χ2v) is 7.29. The van der Waals surface area contributed by atoms with Crippen molar-refractivity contribution >= 4 is 23.2 Å². The summed E-state index contributed by atoms with van der Waals surface area (Å²) in [6.07, 6.45) is 1.63. The summed E-state index contributed by atoms with van der Waals surface area (Å²) >= 11 is 1.62. The van der Waals surface area contributed by atoms with Crippen LogP contribution in [0, 0.1) is 12.8 Å². The molecule has 138 valence electrons. The number of hydrogen-bond donors (Lipinski definition) is 2. The Bertz CT molecular complexity index is 776. The van der Waals surface area contributed by atoms with Crippen molar-refractivity contribution in [2.45, 2.75) is 19.8 Å². The van der Waals surface area contributed by atoms with Crippen LogP contribution in [0.1, 0.15) is 28.9 Å². The Labute approximate surface area is 157 Å². The van der Waals surface area contributed by atoms with Crippen LogP contribution in [0.25, 0.3) is 11.3 Å². The fourth-order valence-corrected chi connectivity index (χ4v) is 3.89. The summed E-state index contributed by atoms with van der Waals surface area (Å²) in [5, 5.41) is 6.87. The van der Waals surface area contributed by atoms with E-state index in [9.17, 15) is 9.59 Å². The van der Waals surface area contributed by atoms with Gasteiger partial charge < -0.3 is 16.0 Å². The number of rotatable bonds is 5. The van der Waals surface area contributed by atoms with E-state index < -0.39 is 0 Å². The number of piperidine rings is 1. The molecular weight excluding hydrogens is 348 g/mol. The molecule has 7 heteroatoms. The zero-order valence-corrected chi connectivity index (χ0v) is 15.7. The standard InChI is InChI=1S/C19H24N4O2S/c1-13-16(4-5-17(22-13)15-6-10-26-12-15)19(25)23-9-2-3-14(11-23)18(24)21-8-7-20/h4-6,10,12,14H,2-3,7-9,11,20H2,1H3,(H,21,24). The third-order valence-corrected chi connectivity index (χ3v) is 5.34. The van der Waals surface area contributed by atoms with Crippen LogP contribution in [0.15, 0.2) is 29.0 Å². The topological polar surface area (TPSA) is 88.3 Å². The van der Waals surface area contributed by atoms with Gasteiger partial charge in [-0.15, -0.1) is 0 Å². The van der Waals surface area contributed by atoms with E-state index in [1.165, 1.54) is 0 Å². The fourth-order valence-electron chi connectivity index (χ4n) is 3.24. The minimum absolute atomic E-state index is 0.0180. The first-order valence-corrected chi connectivity index (χ1v) is 9.81. The van der Waals surface area contributed by atoms with Crippen LogP contribution < -0.4 is 11.1 Å². The molecule has 3 rings (SSSR count). The zero-order valence-electron chi connectivity index (χ0n) is 14.9. The van der Waals surface area contributed by atoms with Crippen LogP contribution in [0.5, 0.6) is 0 Å². The Morgan fingerprint density at radius 3 is 2.92 bits per heavy atom. The third-order valence-electron chi connectivity index (χ3n) is 4.66. The number of nitrogens with two attached hydrogens (primary N) is 1. The van der Waals surface area contributed by atoms with Gasteiger partial charge in [0.1, 0.15) is 0 Å². The Morgan fingerprint density at radius 2 is 2.23 bits per heavy atom. The Balaban J connectivity index is 1.71. The highest BCUT2D eigenvalue weighted by Gasteiger charge is 2.29. The number of amides is 2. The number of likely N-dealkylation sites (tertiary alicyclic amines) is 1. The fraction of sp³-hybridized carbons (Fsp3) is 0.421. The molecule has 2 aromatic rings. The quantitative estimate of drug-likeness (QED) is 0.841. The van der Waals surface area contributed by atoms with Crippen molar-refractivity contribution in [1.29, 1.82) is 0 Å². The number of hydrogen-bond acceptors (Lipinski definition) is 5. The van der Waals surface area contributed by atoms with Crippen LogP contribution in [0.3, 0.4) is 0 Å². The van der Waals surface area contributed by atoms with E-state index in [4.69, 9.17) is 5.73 Å². The molecule has 1 atom stereocenters. The number of carbonyl (C=O) groups is 2. The van der Waals surface area contributed by atoms with Gasteiger partial charge in [-0.1, -0.05) is 0 Å². The Kier molecular flexibility index (Phi) is 6.00. The van der Waals surface area contributed by atoms with Crippen molar-refractivity contribution < 1.29 is 9.59 Å². The maximum atomic E-state index is 12.9. The van der Waals surface area contributed by atoms with Gasteiger partial charge in [0.2, 0.25) is 5.91 Å². The molecule has 26 heavy (non-hydrogen) atoms. The summed E-state index contributed by atoms with van der Waals surface area (Å²) < 4.78 is 0. The molecule has 0 bridgehead atoms. The molecule has 2 aromatic heterocycles. The van der Waals surface area contributed by atoms with Gasteiger partial charge in [0.15, 0.2) is 0 Å². The molecule has 3 N–H and O–H groups in total. The maximum absolute atomic E-state index is 12.9. The molecule has 2 amide bonds. The van der Waals surface area contributed by atoms with Gasteiger partial charge in [-0.3, -0.25) is 14.6 Å². The predicted octanol–water partition coefficient (Wildman–Crippen LogP) is 2.05. The molecule has 0 radical (unpaired) electrons. The van der Waals surface area contributed by atoms with Crippen LogP contribution in [0.2, 0.25) is 0 Å². The first-order valence-electron chi connectivity index (χ1n) is 8.87. The third kappa shape index (κ3) is 4.11. The van der Waals surface area contributed by atoms with Crippen molar-refractivity contribution in [3.63, 3.8) is 0 Å². The van der Waals surface area contributed by atoms with Gasteiger partial charge in [0.25, 0.3) is 5.91 Å². The van der Waals surface area contributed by atoms with Gasteiger partial charge in [-0.2, -0.15) is 11.3 Å². The number of nitrogens with zero attached hydrogens (tertiary/aromatic N) is 2. The molecule has 0 aliphatic carbocycles. The number of pyridine rings is 1. The van der Waals surface area contributed by atoms with E-state index >= 15 is 0 Å². The molecule has 1 unspecified atom stereocenters. The largest absolute Gasteiger partial charge is 0.355 e. The molecule has 1 aliphatic heterocycles. The van der Waals surface area contributed by atoms with E-state index in [0.29, 0.717) is 37.4 Å². The van der Waals surface area contributed by atoms with Crippen molar-refractivity contribution in [2.24, 2.45) is 11.7 Å². The number of aromatic nitrogens is 1. The van der Waals surface area contributed by atoms with Crippen LogP contribution in [-0.2, 0) is 4.79 Å². The lowest BCUT2D eigenvalue weighted by Crippen LogP contribution is -2.46. The predicted molar refractivity (Wildman–Crippen MR) is 103 cm³/mol. The highest BCUT2D eigenvalue weighted by Crippen LogP contribution is 2.24. The highest BCUT2D eigenvalue weighted by molar-refractivity contribution is 7.08. The number of carbonyl (C=O) groups excluding carboxylic acids is 2. The molecule has 0 aromatic carbocycles. The molecule has 1 fully saturated rings. The van der Waals surface area contributed by atoms with Gasteiger partial charge in [0, 0.05) is 37.1 Å². The summed E-state index contributed by atoms with van der Waals surface area (Å²) in [7, 11) is 0. The van der Waals surface area contributed by atoms with Crippen molar-refractivity contribution in [3.8, 4) is 11.3 Å². The van der Waals surface area contributed by atoms with E-state index in [1.807, 2.05) is 35.9 Å². The molecule has 1 aliphatic rings. The van der Waals surface area contributed by atoms with E-state index in [2.05, 4.69) is 10.3 Å². The smallest absolute Gasteiger partial charge is 0.255 e. The molecule has 6 nitrogen and oxygen atoms in total. The minimum Gasteiger partial charge on any atom is -0.355 e. The van der Waals surface area contributed by atoms with Gasteiger partial charge in [0.05, 0.1) is 22.9 Å². The zero-order chi connectivity index (χ0) is 18.5. The number of nitrogens with one attached hydrogen (secondary N) is 1. The first kappa shape index (κ1) is 18.5. The van der Waals surface area contributed by atoms with Crippen molar-refractivity contribution in [3.05, 3.63) is 40.2 Å². The van der Waals surface area contributed by atoms with Crippen molar-refractivity contribution in [2.75, 3.05) is 26.2 Å². The Morgan fingerprint density at radius 1 is 1.38 bits per heavy atom. The Hall–Kier alpha value is -2.25. The lowest BCUT2D eigenvalue weighted by Gasteiger charge is -2.32.